The largest absolute Gasteiger partial charge is 0.413 e. The highest BCUT2D eigenvalue weighted by atomic mass is 28.4. The minimum Gasteiger partial charge on any atom is -0.413 e. The molecular weight excluding hydrogens is 677 g/mol. The molecule has 0 aromatic heterocycles. The fourth-order valence-corrected chi connectivity index (χ4v) is 13.0. The second kappa shape index (κ2) is 15.4. The molecule has 0 amide bonds. The van der Waals surface area contributed by atoms with Crippen molar-refractivity contribution in [3.8, 4) is 0 Å². The second-order valence-corrected chi connectivity index (χ2v) is 30.8. The van der Waals surface area contributed by atoms with Crippen molar-refractivity contribution in [1.82, 2.24) is 0 Å². The van der Waals surface area contributed by atoms with Crippen LogP contribution in [0.5, 0.6) is 0 Å². The predicted octanol–water partition coefficient (Wildman–Crippen LogP) is 12.3. The maximum absolute atomic E-state index is 11.8. The summed E-state index contributed by atoms with van der Waals surface area (Å²) in [6.07, 6.45) is 18.9. The van der Waals surface area contributed by atoms with Crippen LogP contribution in [-0.2, 0) is 18.3 Å². The zero-order valence-electron chi connectivity index (χ0n) is 36.0. The topological polar surface area (TPSA) is 57.2 Å². The van der Waals surface area contributed by atoms with Crippen LogP contribution in [0.15, 0.2) is 35.5 Å². The average molecular weight is 757 g/mol. The summed E-state index contributed by atoms with van der Waals surface area (Å²) in [7, 11) is -3.96. The smallest absolute Gasteiger partial charge is 0.192 e. The van der Waals surface area contributed by atoms with Gasteiger partial charge in [0.2, 0.25) is 0 Å². The van der Waals surface area contributed by atoms with Gasteiger partial charge in [-0.3, -0.25) is 0 Å². The summed E-state index contributed by atoms with van der Waals surface area (Å²) < 4.78 is 26.9. The molecule has 0 aromatic rings. The van der Waals surface area contributed by atoms with Gasteiger partial charge in [-0.15, -0.1) is 0 Å². The molecule has 1 heterocycles. The Balaban J connectivity index is 1.31. The summed E-state index contributed by atoms with van der Waals surface area (Å²) in [5, 5.41) is 12.1. The van der Waals surface area contributed by atoms with Crippen LogP contribution >= 0.6 is 0 Å². The summed E-state index contributed by atoms with van der Waals surface area (Å²) >= 11 is 0. The highest BCUT2D eigenvalue weighted by Gasteiger charge is 2.62. The van der Waals surface area contributed by atoms with Crippen molar-refractivity contribution in [2.45, 2.75) is 206 Å². The van der Waals surface area contributed by atoms with Crippen molar-refractivity contribution in [3.63, 3.8) is 0 Å². The second-order valence-electron chi connectivity index (χ2n) is 21.3. The molecule has 4 saturated carbocycles. The van der Waals surface area contributed by atoms with Gasteiger partial charge >= 0.3 is 0 Å². The number of aliphatic hydroxyl groups excluding tert-OH is 1. The standard InChI is InChI=1S/C45H80O5Si2/c1-15-23-45(47-28-29-48-45)44(26-27-44)25-22-39(46)33(3)37-20-21-38-34(17-16-24-43(37,38)10)18-19-35-30-36(49-51(11,12)41(4,5)6)31-40(32(35)2)50-52(13,14)42(7,8)9/h18-19,33,36-40,46H,2,15-17,20-31H2,1,3-14H3/t33-,36+,37+,38-,39-,40-,43+/m0/s1. The van der Waals surface area contributed by atoms with Crippen molar-refractivity contribution in [2.24, 2.45) is 28.6 Å². The quantitative estimate of drug-likeness (QED) is 0.190. The molecule has 7 atom stereocenters. The Bertz CT molecular complexity index is 1320. The number of fused-ring (bicyclic) bond motifs is 1. The van der Waals surface area contributed by atoms with E-state index in [-0.39, 0.29) is 45.1 Å². The molecule has 0 aromatic carbocycles. The van der Waals surface area contributed by atoms with Gasteiger partial charge in [-0.25, -0.2) is 0 Å². The van der Waals surface area contributed by atoms with Crippen molar-refractivity contribution < 1.29 is 23.4 Å². The van der Waals surface area contributed by atoms with Crippen LogP contribution in [0.4, 0.5) is 0 Å². The molecule has 52 heavy (non-hydrogen) atoms. The molecular formula is C45H80O5Si2. The van der Waals surface area contributed by atoms with E-state index in [1.54, 1.807) is 5.57 Å². The maximum Gasteiger partial charge on any atom is 0.192 e. The molecule has 1 saturated heterocycles. The van der Waals surface area contributed by atoms with Gasteiger partial charge in [0.05, 0.1) is 31.5 Å². The first-order chi connectivity index (χ1) is 24.0. The van der Waals surface area contributed by atoms with Crippen LogP contribution in [0.25, 0.3) is 0 Å². The molecule has 1 aliphatic heterocycles. The van der Waals surface area contributed by atoms with Crippen LogP contribution in [-0.4, -0.2) is 59.1 Å². The lowest BCUT2D eigenvalue weighted by Crippen LogP contribution is -2.49. The predicted molar refractivity (Wildman–Crippen MR) is 222 cm³/mol. The molecule has 5 rings (SSSR count). The van der Waals surface area contributed by atoms with Crippen LogP contribution in [0.1, 0.15) is 146 Å². The molecule has 1 N–H and O–H groups in total. The van der Waals surface area contributed by atoms with E-state index in [1.165, 1.54) is 56.1 Å². The summed E-state index contributed by atoms with van der Waals surface area (Å²) in [5.41, 5.74) is 4.43. The number of ether oxygens (including phenoxy) is 2. The monoisotopic (exact) mass is 757 g/mol. The van der Waals surface area contributed by atoms with E-state index in [0.29, 0.717) is 25.0 Å². The molecule has 5 aliphatic rings. The van der Waals surface area contributed by atoms with Gasteiger partial charge in [0.25, 0.3) is 0 Å². The molecule has 5 nitrogen and oxygen atoms in total. The third kappa shape index (κ3) is 8.42. The first-order valence-corrected chi connectivity index (χ1v) is 27.2. The van der Waals surface area contributed by atoms with Crippen LogP contribution in [0, 0.1) is 28.6 Å². The Morgan fingerprint density at radius 1 is 0.923 bits per heavy atom. The molecule has 5 fully saturated rings. The highest BCUT2D eigenvalue weighted by molar-refractivity contribution is 6.74. The van der Waals surface area contributed by atoms with E-state index in [9.17, 15) is 5.11 Å². The average Bonchev–Trinajstić information content (AvgIpc) is 3.54. The Hall–Kier alpha value is -0.546. The molecule has 7 heteroatoms. The SMILES string of the molecule is C=C1C(=CC=C2CCC[C@]3(C)[C@@H]([C@H](C)[C@@H](O)CCC4(C5(CCC)OCCO5)CC4)CC[C@@H]23)C[C@@H](O[Si](C)(C)C(C)(C)C)C[C@@H]1O[Si](C)(C)C(C)(C)C. The maximum atomic E-state index is 11.8. The van der Waals surface area contributed by atoms with E-state index in [2.05, 4.69) is 101 Å². The van der Waals surface area contributed by atoms with E-state index >= 15 is 0 Å². The van der Waals surface area contributed by atoms with Gasteiger partial charge in [0.15, 0.2) is 22.4 Å². The van der Waals surface area contributed by atoms with Crippen molar-refractivity contribution in [1.29, 1.82) is 0 Å². The summed E-state index contributed by atoms with van der Waals surface area (Å²) in [6, 6.07) is 0. The van der Waals surface area contributed by atoms with Crippen LogP contribution in [0.2, 0.25) is 36.3 Å². The highest BCUT2D eigenvalue weighted by Crippen LogP contribution is 2.63. The normalized spacial score (nSPS) is 33.8. The summed E-state index contributed by atoms with van der Waals surface area (Å²) in [4.78, 5) is 0. The lowest BCUT2D eigenvalue weighted by Gasteiger charge is -2.46. The van der Waals surface area contributed by atoms with Gasteiger partial charge < -0.3 is 23.4 Å². The first kappa shape index (κ1) is 42.6. The molecule has 0 spiro atoms. The van der Waals surface area contributed by atoms with E-state index in [0.717, 1.165) is 38.5 Å². The molecule has 0 radical (unpaired) electrons. The summed E-state index contributed by atoms with van der Waals surface area (Å²) in [6.45, 7) is 36.8. The van der Waals surface area contributed by atoms with Gasteiger partial charge in [0, 0.05) is 18.3 Å². The minimum atomic E-state index is -2.01. The summed E-state index contributed by atoms with van der Waals surface area (Å²) in [5.74, 6) is 0.994. The fourth-order valence-electron chi connectivity index (χ4n) is 10.3. The molecule has 0 unspecified atom stereocenters. The van der Waals surface area contributed by atoms with E-state index < -0.39 is 22.4 Å². The molecule has 298 valence electrons. The van der Waals surface area contributed by atoms with Crippen molar-refractivity contribution >= 4 is 16.6 Å². The Morgan fingerprint density at radius 3 is 2.12 bits per heavy atom. The lowest BCUT2D eigenvalue weighted by molar-refractivity contribution is -0.214. The third-order valence-corrected chi connectivity index (χ3v) is 24.9. The van der Waals surface area contributed by atoms with Gasteiger partial charge in [-0.1, -0.05) is 93.0 Å². The fraction of sp³-hybridized carbons (Fsp3) is 0.867. The van der Waals surface area contributed by atoms with Gasteiger partial charge in [0.1, 0.15) is 0 Å². The minimum absolute atomic E-state index is 0.00213. The Morgan fingerprint density at radius 2 is 1.54 bits per heavy atom. The van der Waals surface area contributed by atoms with Gasteiger partial charge in [-0.2, -0.15) is 0 Å². The number of allylic oxidation sites excluding steroid dienone is 3. The van der Waals surface area contributed by atoms with Crippen molar-refractivity contribution in [2.75, 3.05) is 13.2 Å². The number of hydrogen-bond acceptors (Lipinski definition) is 5. The van der Waals surface area contributed by atoms with Crippen molar-refractivity contribution in [3.05, 3.63) is 35.5 Å². The lowest BCUT2D eigenvalue weighted by atomic mass is 9.60. The number of aliphatic hydroxyl groups is 1. The zero-order valence-corrected chi connectivity index (χ0v) is 38.0. The Labute approximate surface area is 322 Å². The zero-order chi connectivity index (χ0) is 38.5. The molecule has 0 bridgehead atoms. The third-order valence-electron chi connectivity index (χ3n) is 15.9. The van der Waals surface area contributed by atoms with E-state index in [4.69, 9.17) is 24.9 Å². The first-order valence-electron chi connectivity index (χ1n) is 21.4. The number of rotatable bonds is 13. The molecule has 4 aliphatic carbocycles. The van der Waals surface area contributed by atoms with E-state index in [1.807, 2.05) is 0 Å². The van der Waals surface area contributed by atoms with Crippen LogP contribution < -0.4 is 0 Å². The van der Waals surface area contributed by atoms with Crippen LogP contribution in [0.3, 0.4) is 0 Å². The van der Waals surface area contributed by atoms with Gasteiger partial charge in [-0.05, 0) is 135 Å². The Kier molecular flexibility index (Phi) is 12.6. The number of hydrogen-bond donors (Lipinski definition) is 1.